The van der Waals surface area contributed by atoms with Crippen molar-refractivity contribution < 1.29 is 9.53 Å². The van der Waals surface area contributed by atoms with E-state index in [4.69, 9.17) is 12.2 Å². The first-order valence-corrected chi connectivity index (χ1v) is 5.62. The van der Waals surface area contributed by atoms with Gasteiger partial charge in [-0.3, -0.25) is 0 Å². The molecule has 2 N–H and O–H groups in total. The molecule has 0 atom stereocenters. The molecule has 0 unspecified atom stereocenters. The molecular formula is C9H12N2O2S2. The lowest BCUT2D eigenvalue weighted by atomic mass is 10.5. The van der Waals surface area contributed by atoms with E-state index < -0.39 is 0 Å². The Morgan fingerprint density at radius 1 is 1.60 bits per heavy atom. The summed E-state index contributed by atoms with van der Waals surface area (Å²) in [4.78, 5) is 11.7. The van der Waals surface area contributed by atoms with Crippen LogP contribution in [0.4, 0.5) is 5.00 Å². The molecule has 0 spiro atoms. The van der Waals surface area contributed by atoms with E-state index in [2.05, 4.69) is 15.4 Å². The summed E-state index contributed by atoms with van der Waals surface area (Å²) in [6.07, 6.45) is 0. The van der Waals surface area contributed by atoms with Crippen LogP contribution in [0.2, 0.25) is 0 Å². The molecule has 0 fully saturated rings. The summed E-state index contributed by atoms with van der Waals surface area (Å²) in [5.74, 6) is -0.331. The molecule has 1 aromatic rings. The highest BCUT2D eigenvalue weighted by Crippen LogP contribution is 2.22. The monoisotopic (exact) mass is 244 g/mol. The number of hydrogen-bond donors (Lipinski definition) is 2. The lowest BCUT2D eigenvalue weighted by Gasteiger charge is -2.05. The van der Waals surface area contributed by atoms with E-state index in [1.165, 1.54) is 18.4 Å². The Morgan fingerprint density at radius 2 is 2.33 bits per heavy atom. The Bertz CT molecular complexity index is 363. The van der Waals surface area contributed by atoms with Crippen LogP contribution < -0.4 is 10.6 Å². The van der Waals surface area contributed by atoms with Crippen molar-refractivity contribution in [3.05, 3.63) is 17.0 Å². The molecule has 0 saturated carbocycles. The van der Waals surface area contributed by atoms with Gasteiger partial charge in [-0.1, -0.05) is 0 Å². The molecule has 0 aliphatic carbocycles. The van der Waals surface area contributed by atoms with Crippen LogP contribution in [0.1, 0.15) is 16.6 Å². The molecule has 15 heavy (non-hydrogen) atoms. The fourth-order valence-electron chi connectivity index (χ4n) is 0.932. The summed E-state index contributed by atoms with van der Waals surface area (Å²) in [5.41, 5.74) is 0. The number of methoxy groups -OCH3 is 1. The zero-order chi connectivity index (χ0) is 11.3. The van der Waals surface area contributed by atoms with Crippen molar-refractivity contribution in [3.63, 3.8) is 0 Å². The van der Waals surface area contributed by atoms with Gasteiger partial charge < -0.3 is 15.4 Å². The standard InChI is InChI=1S/C9H12N2O2S2/c1-3-10-9(14)11-7-5-4-6(15-7)8(12)13-2/h4-5H,3H2,1-2H3,(H2,10,11,14). The molecule has 0 saturated heterocycles. The Balaban J connectivity index is 2.60. The van der Waals surface area contributed by atoms with E-state index in [-0.39, 0.29) is 5.97 Å². The SMILES string of the molecule is CCNC(=S)Nc1ccc(C(=O)OC)s1. The summed E-state index contributed by atoms with van der Waals surface area (Å²) in [5, 5.41) is 7.30. The van der Waals surface area contributed by atoms with Crippen LogP contribution in [0.3, 0.4) is 0 Å². The third kappa shape index (κ3) is 3.49. The van der Waals surface area contributed by atoms with Gasteiger partial charge in [0.2, 0.25) is 0 Å². The summed E-state index contributed by atoms with van der Waals surface area (Å²) < 4.78 is 4.60. The highest BCUT2D eigenvalue weighted by atomic mass is 32.1. The number of thiophene rings is 1. The van der Waals surface area contributed by atoms with Gasteiger partial charge in [0, 0.05) is 6.54 Å². The smallest absolute Gasteiger partial charge is 0.348 e. The molecule has 4 nitrogen and oxygen atoms in total. The van der Waals surface area contributed by atoms with Gasteiger partial charge in [0.15, 0.2) is 5.11 Å². The number of rotatable bonds is 3. The number of nitrogens with one attached hydrogen (secondary N) is 2. The molecule has 0 bridgehead atoms. The molecule has 0 amide bonds. The minimum absolute atomic E-state index is 0.331. The van der Waals surface area contributed by atoms with Crippen LogP contribution in [0, 0.1) is 0 Å². The summed E-state index contributed by atoms with van der Waals surface area (Å²) in [6, 6.07) is 3.49. The van der Waals surface area contributed by atoms with Gasteiger partial charge in [-0.05, 0) is 31.3 Å². The van der Waals surface area contributed by atoms with Crippen LogP contribution >= 0.6 is 23.6 Å². The zero-order valence-corrected chi connectivity index (χ0v) is 10.1. The maximum Gasteiger partial charge on any atom is 0.348 e. The van der Waals surface area contributed by atoms with Crippen molar-refractivity contribution in [1.82, 2.24) is 5.32 Å². The first-order chi connectivity index (χ1) is 7.17. The maximum atomic E-state index is 11.2. The van der Waals surface area contributed by atoms with Gasteiger partial charge in [0.1, 0.15) is 4.88 Å². The average molecular weight is 244 g/mol. The van der Waals surface area contributed by atoms with Gasteiger partial charge in [-0.25, -0.2) is 4.79 Å². The zero-order valence-electron chi connectivity index (χ0n) is 8.49. The highest BCUT2D eigenvalue weighted by molar-refractivity contribution is 7.80. The van der Waals surface area contributed by atoms with Gasteiger partial charge in [-0.2, -0.15) is 0 Å². The molecule has 0 aromatic carbocycles. The number of thiocarbonyl (C=S) groups is 1. The average Bonchev–Trinajstić information content (AvgIpc) is 2.65. The molecule has 0 aliphatic heterocycles. The molecule has 0 aliphatic rings. The van der Waals surface area contributed by atoms with E-state index in [1.54, 1.807) is 12.1 Å². The minimum atomic E-state index is -0.331. The summed E-state index contributed by atoms with van der Waals surface area (Å²) in [6.45, 7) is 2.73. The van der Waals surface area contributed by atoms with Crippen LogP contribution in [-0.4, -0.2) is 24.7 Å². The second kappa shape index (κ2) is 5.67. The fourth-order valence-corrected chi connectivity index (χ4v) is 2.08. The van der Waals surface area contributed by atoms with Crippen LogP contribution in [0.25, 0.3) is 0 Å². The minimum Gasteiger partial charge on any atom is -0.465 e. The summed E-state index contributed by atoms with van der Waals surface area (Å²) >= 11 is 6.31. The predicted molar refractivity (Wildman–Crippen MR) is 65.6 cm³/mol. The first kappa shape index (κ1) is 11.9. The number of carbonyl (C=O) groups excluding carboxylic acids is 1. The Hall–Kier alpha value is -1.14. The van der Waals surface area contributed by atoms with Gasteiger partial charge in [0.05, 0.1) is 12.1 Å². The van der Waals surface area contributed by atoms with Crippen LogP contribution in [0.5, 0.6) is 0 Å². The van der Waals surface area contributed by atoms with Crippen molar-refractivity contribution in [2.75, 3.05) is 19.0 Å². The molecule has 1 rings (SSSR count). The molecule has 6 heteroatoms. The second-order valence-electron chi connectivity index (χ2n) is 2.64. The second-order valence-corrected chi connectivity index (χ2v) is 4.13. The lowest BCUT2D eigenvalue weighted by Crippen LogP contribution is -2.27. The van der Waals surface area contributed by atoms with Crippen LogP contribution in [-0.2, 0) is 4.74 Å². The van der Waals surface area contributed by atoms with E-state index in [1.807, 2.05) is 6.92 Å². The number of carbonyl (C=O) groups is 1. The van der Waals surface area contributed by atoms with Crippen molar-refractivity contribution in [2.45, 2.75) is 6.92 Å². The molecular weight excluding hydrogens is 232 g/mol. The third-order valence-corrected chi connectivity index (χ3v) is 2.79. The molecule has 1 heterocycles. The third-order valence-electron chi connectivity index (χ3n) is 1.57. The highest BCUT2D eigenvalue weighted by Gasteiger charge is 2.09. The van der Waals surface area contributed by atoms with E-state index in [9.17, 15) is 4.79 Å². The first-order valence-electron chi connectivity index (χ1n) is 4.40. The molecule has 1 aromatic heterocycles. The van der Waals surface area contributed by atoms with Gasteiger partial charge in [-0.15, -0.1) is 11.3 Å². The van der Waals surface area contributed by atoms with Crippen molar-refractivity contribution in [2.24, 2.45) is 0 Å². The fraction of sp³-hybridized carbons (Fsp3) is 0.333. The normalized spacial score (nSPS) is 9.47. The predicted octanol–water partition coefficient (Wildman–Crippen LogP) is 1.84. The lowest BCUT2D eigenvalue weighted by molar-refractivity contribution is 0.0606. The largest absolute Gasteiger partial charge is 0.465 e. The number of esters is 1. The Kier molecular flexibility index (Phi) is 4.51. The van der Waals surface area contributed by atoms with Crippen LogP contribution in [0.15, 0.2) is 12.1 Å². The Labute approximate surface area is 97.6 Å². The van der Waals surface area contributed by atoms with E-state index in [0.29, 0.717) is 9.99 Å². The number of hydrogen-bond acceptors (Lipinski definition) is 4. The molecule has 82 valence electrons. The van der Waals surface area contributed by atoms with Crippen molar-refractivity contribution >= 4 is 39.6 Å². The number of ether oxygens (including phenoxy) is 1. The summed E-state index contributed by atoms with van der Waals surface area (Å²) in [7, 11) is 1.36. The number of anilines is 1. The maximum absolute atomic E-state index is 11.2. The van der Waals surface area contributed by atoms with Gasteiger partial charge >= 0.3 is 5.97 Å². The van der Waals surface area contributed by atoms with Gasteiger partial charge in [0.25, 0.3) is 0 Å². The van der Waals surface area contributed by atoms with E-state index in [0.717, 1.165) is 11.5 Å². The van der Waals surface area contributed by atoms with E-state index >= 15 is 0 Å². The Morgan fingerprint density at radius 3 is 2.93 bits per heavy atom. The molecule has 0 radical (unpaired) electrons. The quantitative estimate of drug-likeness (QED) is 0.627. The van der Waals surface area contributed by atoms with Crippen molar-refractivity contribution in [1.29, 1.82) is 0 Å². The van der Waals surface area contributed by atoms with Crippen molar-refractivity contribution in [3.8, 4) is 0 Å². The topological polar surface area (TPSA) is 50.4 Å².